The fraction of sp³-hybridized carbons (Fsp3) is 0. The van der Waals surface area contributed by atoms with Crippen molar-refractivity contribution in [2.75, 3.05) is 0 Å². The van der Waals surface area contributed by atoms with E-state index in [1.165, 1.54) is 16.3 Å². The van der Waals surface area contributed by atoms with E-state index < -0.39 is 0 Å². The smallest absolute Gasteiger partial charge is 0.153 e. The molecule has 0 aliphatic carbocycles. The monoisotopic (exact) mass is 576 g/mol. The number of hydrogen-bond acceptors (Lipinski definition) is 3. The highest BCUT2D eigenvalue weighted by atomic mass is 16.3. The van der Waals surface area contributed by atoms with Crippen molar-refractivity contribution < 1.29 is 4.42 Å². The molecule has 0 aliphatic rings. The Balaban J connectivity index is 1.19. The number of benzene rings is 5. The highest BCUT2D eigenvalue weighted by Gasteiger charge is 2.18. The predicted octanol–water partition coefficient (Wildman–Crippen LogP) is 10.2. The van der Waals surface area contributed by atoms with Gasteiger partial charge in [0.05, 0.1) is 27.6 Å². The topological polar surface area (TPSA) is 48.8 Å². The van der Waals surface area contributed by atoms with Gasteiger partial charge in [-0.3, -0.25) is 9.97 Å². The van der Waals surface area contributed by atoms with Crippen LogP contribution in [0.2, 0.25) is 0 Å². The van der Waals surface area contributed by atoms with Gasteiger partial charge in [-0.15, -0.1) is 0 Å². The van der Waals surface area contributed by atoms with Crippen molar-refractivity contribution in [2.24, 2.45) is 0 Å². The number of hydrogen-bond donors (Lipinski definition) is 0. The van der Waals surface area contributed by atoms with E-state index in [0.29, 0.717) is 0 Å². The lowest BCUT2D eigenvalue weighted by Crippen LogP contribution is -1.95. The van der Waals surface area contributed by atoms with E-state index in [4.69, 9.17) is 9.40 Å². The van der Waals surface area contributed by atoms with E-state index in [9.17, 15) is 0 Å². The fourth-order valence-electron chi connectivity index (χ4n) is 7.03. The summed E-state index contributed by atoms with van der Waals surface area (Å²) in [6.07, 6.45) is 3.70. The van der Waals surface area contributed by atoms with Gasteiger partial charge in [-0.1, -0.05) is 48.5 Å². The molecule has 0 amide bonds. The molecule has 0 atom stereocenters. The molecule has 10 rings (SSSR count). The fourth-order valence-corrected chi connectivity index (χ4v) is 7.03. The van der Waals surface area contributed by atoms with Gasteiger partial charge in [0.25, 0.3) is 0 Å². The Hall–Kier alpha value is -6.20. The van der Waals surface area contributed by atoms with Crippen molar-refractivity contribution in [1.82, 2.24) is 19.1 Å². The zero-order valence-corrected chi connectivity index (χ0v) is 24.1. The summed E-state index contributed by atoms with van der Waals surface area (Å²) in [5.41, 5.74) is 12.6. The van der Waals surface area contributed by atoms with Crippen LogP contribution in [0.1, 0.15) is 0 Å². The molecule has 5 aromatic heterocycles. The van der Waals surface area contributed by atoms with Gasteiger partial charge in [0, 0.05) is 45.3 Å². The third kappa shape index (κ3) is 3.49. The van der Waals surface area contributed by atoms with E-state index in [2.05, 4.69) is 129 Å². The first-order chi connectivity index (χ1) is 22.3. The molecule has 10 aromatic rings. The van der Waals surface area contributed by atoms with Gasteiger partial charge in [-0.05, 0) is 96.1 Å². The van der Waals surface area contributed by atoms with Crippen molar-refractivity contribution in [1.29, 1.82) is 0 Å². The van der Waals surface area contributed by atoms with Crippen LogP contribution < -0.4 is 0 Å². The molecule has 5 aromatic carbocycles. The third-order valence-electron chi connectivity index (χ3n) is 9.01. The number of para-hydroxylation sites is 2. The molecule has 0 unspecified atom stereocenters. The van der Waals surface area contributed by atoms with Gasteiger partial charge in [-0.2, -0.15) is 0 Å². The average Bonchev–Trinajstić information content (AvgIpc) is 3.75. The van der Waals surface area contributed by atoms with Gasteiger partial charge < -0.3 is 13.6 Å². The van der Waals surface area contributed by atoms with Crippen LogP contribution in [0, 0.1) is 0 Å². The molecular formula is C40H24N4O. The van der Waals surface area contributed by atoms with Gasteiger partial charge in [0.1, 0.15) is 11.1 Å². The molecule has 0 saturated carbocycles. The van der Waals surface area contributed by atoms with Gasteiger partial charge in [-0.25, -0.2) is 0 Å². The maximum absolute atomic E-state index is 6.04. The minimum absolute atomic E-state index is 0.808. The second-order valence-electron chi connectivity index (χ2n) is 11.5. The predicted molar refractivity (Wildman–Crippen MR) is 183 cm³/mol. The molecule has 0 radical (unpaired) electrons. The molecular weight excluding hydrogens is 552 g/mol. The Bertz CT molecular complexity index is 2770. The zero-order chi connectivity index (χ0) is 29.5. The zero-order valence-electron chi connectivity index (χ0n) is 24.1. The van der Waals surface area contributed by atoms with E-state index in [0.717, 1.165) is 72.0 Å². The first kappa shape index (κ1) is 24.3. The molecule has 0 fully saturated rings. The number of furan rings is 1. The van der Waals surface area contributed by atoms with Crippen LogP contribution in [0.15, 0.2) is 150 Å². The SMILES string of the molecule is c1ccc(-n2c3ccc(-n4c5ccccc5c5cc(-c6ccc7oc8cccnc8c7c6)ccc54)cc3c3ncccc32)cc1. The van der Waals surface area contributed by atoms with Crippen molar-refractivity contribution in [3.63, 3.8) is 0 Å². The van der Waals surface area contributed by atoms with Crippen molar-refractivity contribution in [3.8, 4) is 22.5 Å². The van der Waals surface area contributed by atoms with Crippen LogP contribution in [0.3, 0.4) is 0 Å². The lowest BCUT2D eigenvalue weighted by molar-refractivity contribution is 0.668. The normalized spacial score (nSPS) is 12.0. The van der Waals surface area contributed by atoms with Gasteiger partial charge in [0.15, 0.2) is 5.58 Å². The summed E-state index contributed by atoms with van der Waals surface area (Å²) in [6.45, 7) is 0. The first-order valence-corrected chi connectivity index (χ1v) is 15.1. The Morgan fingerprint density at radius 2 is 1.07 bits per heavy atom. The van der Waals surface area contributed by atoms with Crippen LogP contribution in [0.4, 0.5) is 0 Å². The van der Waals surface area contributed by atoms with Gasteiger partial charge in [0.2, 0.25) is 0 Å². The molecule has 0 aliphatic heterocycles. The first-order valence-electron chi connectivity index (χ1n) is 15.1. The number of aromatic nitrogens is 4. The average molecular weight is 577 g/mol. The summed E-state index contributed by atoms with van der Waals surface area (Å²) in [5.74, 6) is 0. The van der Waals surface area contributed by atoms with E-state index in [-0.39, 0.29) is 0 Å². The third-order valence-corrected chi connectivity index (χ3v) is 9.01. The molecule has 5 nitrogen and oxygen atoms in total. The van der Waals surface area contributed by atoms with Crippen molar-refractivity contribution in [3.05, 3.63) is 146 Å². The van der Waals surface area contributed by atoms with E-state index >= 15 is 0 Å². The summed E-state index contributed by atoms with van der Waals surface area (Å²) in [6, 6.07) is 47.1. The Morgan fingerprint density at radius 1 is 0.400 bits per heavy atom. The lowest BCUT2D eigenvalue weighted by atomic mass is 10.0. The summed E-state index contributed by atoms with van der Waals surface area (Å²) in [7, 11) is 0. The molecule has 0 bridgehead atoms. The van der Waals surface area contributed by atoms with Gasteiger partial charge >= 0.3 is 0 Å². The van der Waals surface area contributed by atoms with Crippen molar-refractivity contribution in [2.45, 2.75) is 0 Å². The van der Waals surface area contributed by atoms with Crippen LogP contribution in [0.5, 0.6) is 0 Å². The minimum Gasteiger partial charge on any atom is -0.454 e. The molecule has 5 heterocycles. The molecule has 0 saturated heterocycles. The van der Waals surface area contributed by atoms with Crippen LogP contribution in [0.25, 0.3) is 88.3 Å². The molecule has 0 spiro atoms. The van der Waals surface area contributed by atoms with Crippen LogP contribution in [-0.2, 0) is 0 Å². The summed E-state index contributed by atoms with van der Waals surface area (Å²) >= 11 is 0. The number of nitrogens with zero attached hydrogens (tertiary/aromatic N) is 4. The maximum Gasteiger partial charge on any atom is 0.153 e. The summed E-state index contributed by atoms with van der Waals surface area (Å²) < 4.78 is 10.7. The Labute approximate surface area is 257 Å². The highest BCUT2D eigenvalue weighted by molar-refractivity contribution is 6.12. The number of rotatable bonds is 3. The molecule has 45 heavy (non-hydrogen) atoms. The largest absolute Gasteiger partial charge is 0.454 e. The van der Waals surface area contributed by atoms with E-state index in [1.54, 1.807) is 0 Å². The summed E-state index contributed by atoms with van der Waals surface area (Å²) in [5, 5.41) is 4.59. The Kier molecular flexibility index (Phi) is 4.93. The van der Waals surface area contributed by atoms with Crippen molar-refractivity contribution >= 4 is 65.8 Å². The quantitative estimate of drug-likeness (QED) is 0.210. The number of fused-ring (bicyclic) bond motifs is 9. The van der Waals surface area contributed by atoms with E-state index in [1.807, 2.05) is 30.6 Å². The lowest BCUT2D eigenvalue weighted by Gasteiger charge is -2.10. The highest BCUT2D eigenvalue weighted by Crippen LogP contribution is 2.38. The second kappa shape index (κ2) is 9.15. The summed E-state index contributed by atoms with van der Waals surface area (Å²) in [4.78, 5) is 9.43. The van der Waals surface area contributed by atoms with Crippen LogP contribution in [-0.4, -0.2) is 19.1 Å². The van der Waals surface area contributed by atoms with Crippen LogP contribution >= 0.6 is 0 Å². The minimum atomic E-state index is 0.808. The molecule has 210 valence electrons. The molecule has 0 N–H and O–H groups in total. The maximum atomic E-state index is 6.04. The standard InChI is InChI=1S/C40H24N4O/c1-2-8-27(9-3-1)43-35-18-16-28(24-31(35)39-36(43)12-6-20-41-39)44-33-11-5-4-10-29(33)30-22-25(14-17-34(30)44)26-15-19-37-32(23-26)40-38(45-37)13-7-21-42-40/h1-24H. The number of pyridine rings is 2. The second-order valence-corrected chi connectivity index (χ2v) is 11.5. The molecule has 5 heteroatoms. The Morgan fingerprint density at radius 3 is 1.98 bits per heavy atom.